The van der Waals surface area contributed by atoms with Crippen molar-refractivity contribution in [3.05, 3.63) is 17.5 Å². The standard InChI is InChI=1S/C16H25N3O4/c1-5-22-14(20)12-10-19(18-13(12)11-6-7-11)9-8-17-15(21)23-16(2,3)4/h10-11H,5-9H2,1-4H3,(H,17,21). The van der Waals surface area contributed by atoms with Gasteiger partial charge in [0.1, 0.15) is 11.2 Å². The minimum atomic E-state index is -0.522. The van der Waals surface area contributed by atoms with Gasteiger partial charge < -0.3 is 14.8 Å². The van der Waals surface area contributed by atoms with Gasteiger partial charge in [-0.05, 0) is 40.5 Å². The lowest BCUT2D eigenvalue weighted by Gasteiger charge is -2.19. The zero-order valence-corrected chi connectivity index (χ0v) is 14.2. The van der Waals surface area contributed by atoms with Crippen molar-refractivity contribution in [2.24, 2.45) is 0 Å². The molecule has 0 saturated heterocycles. The summed E-state index contributed by atoms with van der Waals surface area (Å²) in [6.45, 7) is 8.41. The van der Waals surface area contributed by atoms with Crippen LogP contribution in [0.5, 0.6) is 0 Å². The van der Waals surface area contributed by atoms with E-state index in [0.29, 0.717) is 31.2 Å². The topological polar surface area (TPSA) is 82.5 Å². The fraction of sp³-hybridized carbons (Fsp3) is 0.688. The minimum absolute atomic E-state index is 0.333. The van der Waals surface area contributed by atoms with Crippen molar-refractivity contribution >= 4 is 12.1 Å². The Morgan fingerprint density at radius 2 is 2.09 bits per heavy atom. The Labute approximate surface area is 136 Å². The first-order valence-electron chi connectivity index (χ1n) is 8.01. The molecule has 7 nitrogen and oxygen atoms in total. The van der Waals surface area contributed by atoms with Gasteiger partial charge in [0, 0.05) is 18.7 Å². The number of ether oxygens (including phenoxy) is 2. The third-order valence-electron chi connectivity index (χ3n) is 3.26. The van der Waals surface area contributed by atoms with Crippen LogP contribution < -0.4 is 5.32 Å². The molecule has 1 aliphatic carbocycles. The van der Waals surface area contributed by atoms with Gasteiger partial charge in [-0.25, -0.2) is 9.59 Å². The molecule has 1 fully saturated rings. The van der Waals surface area contributed by atoms with Crippen LogP contribution >= 0.6 is 0 Å². The van der Waals surface area contributed by atoms with Crippen LogP contribution in [0.25, 0.3) is 0 Å². The van der Waals surface area contributed by atoms with Crippen molar-refractivity contribution in [1.82, 2.24) is 15.1 Å². The van der Waals surface area contributed by atoms with Crippen molar-refractivity contribution in [2.45, 2.75) is 58.6 Å². The summed E-state index contributed by atoms with van der Waals surface area (Å²) in [6, 6.07) is 0. The molecule has 1 N–H and O–H groups in total. The molecule has 0 aromatic carbocycles. The van der Waals surface area contributed by atoms with Crippen molar-refractivity contribution in [2.75, 3.05) is 13.2 Å². The lowest BCUT2D eigenvalue weighted by molar-refractivity contribution is 0.0513. The molecule has 7 heteroatoms. The highest BCUT2D eigenvalue weighted by atomic mass is 16.6. The zero-order valence-electron chi connectivity index (χ0n) is 14.2. The van der Waals surface area contributed by atoms with Gasteiger partial charge in [0.25, 0.3) is 0 Å². The van der Waals surface area contributed by atoms with E-state index in [1.54, 1.807) is 17.8 Å². The van der Waals surface area contributed by atoms with Crippen LogP contribution in [0.2, 0.25) is 0 Å². The third-order valence-corrected chi connectivity index (χ3v) is 3.26. The van der Waals surface area contributed by atoms with Gasteiger partial charge in [-0.1, -0.05) is 0 Å². The minimum Gasteiger partial charge on any atom is -0.462 e. The van der Waals surface area contributed by atoms with Gasteiger partial charge >= 0.3 is 12.1 Å². The van der Waals surface area contributed by atoms with Crippen LogP contribution in [0, 0.1) is 0 Å². The highest BCUT2D eigenvalue weighted by Crippen LogP contribution is 2.40. The molecule has 1 heterocycles. The summed E-state index contributed by atoms with van der Waals surface area (Å²) in [5.41, 5.74) is 0.818. The lowest BCUT2D eigenvalue weighted by Crippen LogP contribution is -2.34. The van der Waals surface area contributed by atoms with E-state index in [0.717, 1.165) is 18.5 Å². The summed E-state index contributed by atoms with van der Waals surface area (Å²) >= 11 is 0. The second kappa shape index (κ2) is 7.02. The van der Waals surface area contributed by atoms with Gasteiger partial charge in [0.05, 0.1) is 18.8 Å². The van der Waals surface area contributed by atoms with Crippen molar-refractivity contribution < 1.29 is 19.1 Å². The Balaban J connectivity index is 1.92. The van der Waals surface area contributed by atoms with Gasteiger partial charge in [0.15, 0.2) is 0 Å². The maximum Gasteiger partial charge on any atom is 0.407 e. The molecular formula is C16H25N3O4. The summed E-state index contributed by atoms with van der Waals surface area (Å²) < 4.78 is 11.9. The highest BCUT2D eigenvalue weighted by Gasteiger charge is 2.32. The predicted molar refractivity (Wildman–Crippen MR) is 84.4 cm³/mol. The van der Waals surface area contributed by atoms with E-state index >= 15 is 0 Å². The molecule has 1 amide bonds. The van der Waals surface area contributed by atoms with Crippen LogP contribution in [0.3, 0.4) is 0 Å². The number of amides is 1. The van der Waals surface area contributed by atoms with Gasteiger partial charge in [-0.3, -0.25) is 4.68 Å². The molecule has 0 spiro atoms. The Hall–Kier alpha value is -2.05. The Kier molecular flexibility index (Phi) is 5.28. The average molecular weight is 323 g/mol. The molecule has 1 aromatic heterocycles. The molecule has 0 bridgehead atoms. The monoisotopic (exact) mass is 323 g/mol. The number of rotatable bonds is 6. The molecule has 1 aliphatic rings. The maximum atomic E-state index is 12.0. The van der Waals surface area contributed by atoms with Gasteiger partial charge in [-0.2, -0.15) is 5.10 Å². The predicted octanol–water partition coefficient (Wildman–Crippen LogP) is 2.46. The zero-order chi connectivity index (χ0) is 17.0. The first-order chi connectivity index (χ1) is 10.8. The number of carbonyl (C=O) groups is 2. The summed E-state index contributed by atoms with van der Waals surface area (Å²) in [7, 11) is 0. The number of hydrogen-bond donors (Lipinski definition) is 1. The second-order valence-electron chi connectivity index (χ2n) is 6.61. The molecule has 0 atom stereocenters. The van der Waals surface area contributed by atoms with Crippen LogP contribution in [0.4, 0.5) is 4.79 Å². The van der Waals surface area contributed by atoms with E-state index < -0.39 is 11.7 Å². The number of nitrogens with one attached hydrogen (secondary N) is 1. The Morgan fingerprint density at radius 1 is 1.39 bits per heavy atom. The number of nitrogens with zero attached hydrogens (tertiary/aromatic N) is 2. The first-order valence-corrected chi connectivity index (χ1v) is 8.01. The largest absolute Gasteiger partial charge is 0.462 e. The highest BCUT2D eigenvalue weighted by molar-refractivity contribution is 5.90. The quantitative estimate of drug-likeness (QED) is 0.813. The lowest BCUT2D eigenvalue weighted by atomic mass is 10.2. The molecule has 128 valence electrons. The third kappa shape index (κ3) is 5.26. The Morgan fingerprint density at radius 3 is 2.65 bits per heavy atom. The van der Waals surface area contributed by atoms with Gasteiger partial charge in [-0.15, -0.1) is 0 Å². The molecular weight excluding hydrogens is 298 g/mol. The van der Waals surface area contributed by atoms with E-state index in [4.69, 9.17) is 9.47 Å². The van der Waals surface area contributed by atoms with Crippen molar-refractivity contribution in [3.8, 4) is 0 Å². The number of hydrogen-bond acceptors (Lipinski definition) is 5. The number of alkyl carbamates (subject to hydrolysis) is 1. The van der Waals surface area contributed by atoms with E-state index in [9.17, 15) is 9.59 Å². The average Bonchev–Trinajstić information content (AvgIpc) is 3.18. The van der Waals surface area contributed by atoms with E-state index in [1.165, 1.54) is 0 Å². The number of carbonyl (C=O) groups excluding carboxylic acids is 2. The first kappa shape index (κ1) is 17.3. The van der Waals surface area contributed by atoms with Crippen LogP contribution in [-0.4, -0.2) is 40.6 Å². The van der Waals surface area contributed by atoms with Gasteiger partial charge in [0.2, 0.25) is 0 Å². The Bertz CT molecular complexity index is 570. The molecule has 0 unspecified atom stereocenters. The molecule has 0 aliphatic heterocycles. The summed E-state index contributed by atoms with van der Waals surface area (Å²) in [4.78, 5) is 23.6. The summed E-state index contributed by atoms with van der Waals surface area (Å²) in [5.74, 6) is 0.0234. The molecule has 1 saturated carbocycles. The van der Waals surface area contributed by atoms with Crippen LogP contribution in [0.15, 0.2) is 6.20 Å². The van der Waals surface area contributed by atoms with E-state index in [2.05, 4.69) is 10.4 Å². The number of esters is 1. The SMILES string of the molecule is CCOC(=O)c1cn(CCNC(=O)OC(C)(C)C)nc1C1CC1. The van der Waals surface area contributed by atoms with Crippen molar-refractivity contribution in [1.29, 1.82) is 0 Å². The van der Waals surface area contributed by atoms with Crippen molar-refractivity contribution in [3.63, 3.8) is 0 Å². The van der Waals surface area contributed by atoms with E-state index in [1.807, 2.05) is 20.8 Å². The molecule has 23 heavy (non-hydrogen) atoms. The summed E-state index contributed by atoms with van der Waals surface area (Å²) in [5, 5.41) is 7.15. The van der Waals surface area contributed by atoms with Crippen LogP contribution in [0.1, 0.15) is 62.5 Å². The summed E-state index contributed by atoms with van der Waals surface area (Å²) in [6.07, 6.45) is 3.35. The van der Waals surface area contributed by atoms with E-state index in [-0.39, 0.29) is 5.97 Å². The normalized spacial score (nSPS) is 14.4. The fourth-order valence-electron chi connectivity index (χ4n) is 2.16. The second-order valence-corrected chi connectivity index (χ2v) is 6.61. The fourth-order valence-corrected chi connectivity index (χ4v) is 2.16. The molecule has 1 aromatic rings. The number of aromatic nitrogens is 2. The molecule has 0 radical (unpaired) electrons. The molecule has 2 rings (SSSR count). The maximum absolute atomic E-state index is 12.0. The smallest absolute Gasteiger partial charge is 0.407 e. The van der Waals surface area contributed by atoms with Crippen LogP contribution in [-0.2, 0) is 16.0 Å².